The first-order valence-electron chi connectivity index (χ1n) is 4.77. The first kappa shape index (κ1) is 8.48. The lowest BCUT2D eigenvalue weighted by atomic mass is 9.94. The zero-order valence-electron chi connectivity index (χ0n) is 7.64. The molecule has 2 rings (SSSR count). The van der Waals surface area contributed by atoms with E-state index in [9.17, 15) is 0 Å². The summed E-state index contributed by atoms with van der Waals surface area (Å²) in [4.78, 5) is 0. The quantitative estimate of drug-likeness (QED) is 0.577. The highest BCUT2D eigenvalue weighted by molar-refractivity contribution is 4.90. The van der Waals surface area contributed by atoms with Crippen molar-refractivity contribution in [2.45, 2.75) is 31.5 Å². The van der Waals surface area contributed by atoms with Gasteiger partial charge in [0.05, 0.1) is 12.7 Å². The zero-order valence-corrected chi connectivity index (χ0v) is 7.64. The molecule has 12 heavy (non-hydrogen) atoms. The number of ether oxygens (including phenoxy) is 2. The second-order valence-electron chi connectivity index (χ2n) is 3.90. The smallest absolute Gasteiger partial charge is 0.104 e. The van der Waals surface area contributed by atoms with Crippen LogP contribution in [0.15, 0.2) is 0 Å². The summed E-state index contributed by atoms with van der Waals surface area (Å²) in [6.45, 7) is 5.71. The molecule has 0 aliphatic carbocycles. The third-order valence-corrected chi connectivity index (χ3v) is 2.62. The molecule has 2 saturated heterocycles. The minimum atomic E-state index is -0.00405. The van der Waals surface area contributed by atoms with Gasteiger partial charge in [-0.1, -0.05) is 0 Å². The summed E-state index contributed by atoms with van der Waals surface area (Å²) in [5, 5.41) is 3.39. The molecule has 2 aliphatic heterocycles. The molecule has 2 aliphatic rings. The Morgan fingerprint density at radius 2 is 2.42 bits per heavy atom. The molecule has 0 bridgehead atoms. The molecule has 1 N–H and O–H groups in total. The molecule has 3 heteroatoms. The SMILES string of the molecule is C[C@H]1CNC[C@]2(CCCOC2)O1. The van der Waals surface area contributed by atoms with Gasteiger partial charge < -0.3 is 14.8 Å². The van der Waals surface area contributed by atoms with Crippen LogP contribution in [-0.2, 0) is 9.47 Å². The third kappa shape index (κ3) is 1.63. The normalized spacial score (nSPS) is 43.2. The lowest BCUT2D eigenvalue weighted by Gasteiger charge is -2.42. The van der Waals surface area contributed by atoms with Crippen molar-refractivity contribution in [3.05, 3.63) is 0 Å². The Hall–Kier alpha value is -0.120. The van der Waals surface area contributed by atoms with Crippen LogP contribution in [0.4, 0.5) is 0 Å². The van der Waals surface area contributed by atoms with Gasteiger partial charge in [0.25, 0.3) is 0 Å². The topological polar surface area (TPSA) is 30.5 Å². The van der Waals surface area contributed by atoms with Gasteiger partial charge in [0.1, 0.15) is 5.60 Å². The van der Waals surface area contributed by atoms with Crippen LogP contribution in [0.2, 0.25) is 0 Å². The number of rotatable bonds is 0. The van der Waals surface area contributed by atoms with Gasteiger partial charge in [-0.05, 0) is 19.8 Å². The van der Waals surface area contributed by atoms with E-state index in [4.69, 9.17) is 9.47 Å². The maximum absolute atomic E-state index is 5.93. The fourth-order valence-corrected chi connectivity index (χ4v) is 2.07. The van der Waals surface area contributed by atoms with Crippen molar-refractivity contribution in [2.75, 3.05) is 26.3 Å². The molecule has 0 saturated carbocycles. The number of hydrogen-bond donors (Lipinski definition) is 1. The van der Waals surface area contributed by atoms with E-state index >= 15 is 0 Å². The predicted octanol–water partition coefficient (Wildman–Crippen LogP) is 0.544. The summed E-state index contributed by atoms with van der Waals surface area (Å²) < 4.78 is 11.4. The summed E-state index contributed by atoms with van der Waals surface area (Å²) in [7, 11) is 0. The molecule has 0 amide bonds. The summed E-state index contributed by atoms with van der Waals surface area (Å²) in [5.41, 5.74) is -0.00405. The van der Waals surface area contributed by atoms with Crippen molar-refractivity contribution in [2.24, 2.45) is 0 Å². The fraction of sp³-hybridized carbons (Fsp3) is 1.00. The van der Waals surface area contributed by atoms with E-state index in [-0.39, 0.29) is 5.60 Å². The molecular formula is C9H17NO2. The van der Waals surface area contributed by atoms with Crippen LogP contribution in [0.1, 0.15) is 19.8 Å². The van der Waals surface area contributed by atoms with Gasteiger partial charge in [0.15, 0.2) is 0 Å². The average Bonchev–Trinajstić information content (AvgIpc) is 2.05. The van der Waals surface area contributed by atoms with Crippen molar-refractivity contribution >= 4 is 0 Å². The number of morpholine rings is 1. The molecule has 0 radical (unpaired) electrons. The average molecular weight is 171 g/mol. The zero-order chi connectivity index (χ0) is 8.44. The van der Waals surface area contributed by atoms with Crippen molar-refractivity contribution in [3.8, 4) is 0 Å². The van der Waals surface area contributed by atoms with Crippen LogP contribution >= 0.6 is 0 Å². The minimum Gasteiger partial charge on any atom is -0.378 e. The first-order valence-corrected chi connectivity index (χ1v) is 4.77. The second-order valence-corrected chi connectivity index (χ2v) is 3.90. The Kier molecular flexibility index (Phi) is 2.35. The molecule has 1 spiro atoms. The molecule has 0 aromatic rings. The maximum atomic E-state index is 5.93. The van der Waals surface area contributed by atoms with Crippen LogP contribution in [0.5, 0.6) is 0 Å². The Labute approximate surface area is 73.4 Å². The van der Waals surface area contributed by atoms with E-state index < -0.39 is 0 Å². The molecule has 3 nitrogen and oxygen atoms in total. The summed E-state index contributed by atoms with van der Waals surface area (Å²) in [6.07, 6.45) is 2.61. The molecule has 2 atom stereocenters. The van der Waals surface area contributed by atoms with Crippen molar-refractivity contribution in [3.63, 3.8) is 0 Å². The van der Waals surface area contributed by atoms with Crippen LogP contribution in [0.3, 0.4) is 0 Å². The molecule has 0 aromatic heterocycles. The summed E-state index contributed by atoms with van der Waals surface area (Å²) in [5.74, 6) is 0. The third-order valence-electron chi connectivity index (χ3n) is 2.62. The van der Waals surface area contributed by atoms with Gasteiger partial charge in [-0.2, -0.15) is 0 Å². The van der Waals surface area contributed by atoms with Crippen molar-refractivity contribution in [1.82, 2.24) is 5.32 Å². The highest BCUT2D eigenvalue weighted by Crippen LogP contribution is 2.26. The van der Waals surface area contributed by atoms with Crippen molar-refractivity contribution < 1.29 is 9.47 Å². The van der Waals surface area contributed by atoms with E-state index in [0.29, 0.717) is 6.10 Å². The Bertz CT molecular complexity index is 149. The molecule has 2 fully saturated rings. The van der Waals surface area contributed by atoms with Gasteiger partial charge >= 0.3 is 0 Å². The highest BCUT2D eigenvalue weighted by atomic mass is 16.6. The lowest BCUT2D eigenvalue weighted by molar-refractivity contribution is -0.167. The van der Waals surface area contributed by atoms with Crippen LogP contribution < -0.4 is 5.32 Å². The predicted molar refractivity (Wildman–Crippen MR) is 46.2 cm³/mol. The number of nitrogens with one attached hydrogen (secondary N) is 1. The van der Waals surface area contributed by atoms with Crippen molar-refractivity contribution in [1.29, 1.82) is 0 Å². The van der Waals surface area contributed by atoms with Gasteiger partial charge in [-0.15, -0.1) is 0 Å². The first-order chi connectivity index (χ1) is 5.81. The standard InChI is InChI=1S/C9H17NO2/c1-8-5-10-6-9(12-8)3-2-4-11-7-9/h8,10H,2-7H2,1H3/t8-,9-/m0/s1. The van der Waals surface area contributed by atoms with E-state index in [1.54, 1.807) is 0 Å². The van der Waals surface area contributed by atoms with E-state index in [2.05, 4.69) is 12.2 Å². The lowest BCUT2D eigenvalue weighted by Crippen LogP contribution is -2.57. The Morgan fingerprint density at radius 3 is 3.08 bits per heavy atom. The molecule has 2 heterocycles. The van der Waals surface area contributed by atoms with Gasteiger partial charge in [0.2, 0.25) is 0 Å². The molecule has 0 aromatic carbocycles. The highest BCUT2D eigenvalue weighted by Gasteiger charge is 2.37. The Balaban J connectivity index is 1.97. The summed E-state index contributed by atoms with van der Waals surface area (Å²) >= 11 is 0. The monoisotopic (exact) mass is 171 g/mol. The number of hydrogen-bond acceptors (Lipinski definition) is 3. The molecule has 0 unspecified atom stereocenters. The fourth-order valence-electron chi connectivity index (χ4n) is 2.07. The van der Waals surface area contributed by atoms with E-state index in [0.717, 1.165) is 39.1 Å². The van der Waals surface area contributed by atoms with Gasteiger partial charge in [-0.3, -0.25) is 0 Å². The molecule has 70 valence electrons. The van der Waals surface area contributed by atoms with Crippen LogP contribution in [-0.4, -0.2) is 38.0 Å². The summed E-state index contributed by atoms with van der Waals surface area (Å²) in [6, 6.07) is 0. The van der Waals surface area contributed by atoms with Gasteiger partial charge in [-0.25, -0.2) is 0 Å². The van der Waals surface area contributed by atoms with Crippen LogP contribution in [0, 0.1) is 0 Å². The second kappa shape index (κ2) is 3.32. The van der Waals surface area contributed by atoms with E-state index in [1.807, 2.05) is 0 Å². The van der Waals surface area contributed by atoms with Gasteiger partial charge in [0, 0.05) is 19.7 Å². The van der Waals surface area contributed by atoms with E-state index in [1.165, 1.54) is 0 Å². The van der Waals surface area contributed by atoms with Crippen LogP contribution in [0.25, 0.3) is 0 Å². The Morgan fingerprint density at radius 1 is 1.50 bits per heavy atom. The maximum Gasteiger partial charge on any atom is 0.104 e. The molecular weight excluding hydrogens is 154 g/mol. The largest absolute Gasteiger partial charge is 0.378 e. The minimum absolute atomic E-state index is 0.00405.